The lowest BCUT2D eigenvalue weighted by Crippen LogP contribution is -2.53. The fourth-order valence-corrected chi connectivity index (χ4v) is 6.83. The average Bonchev–Trinajstić information content (AvgIpc) is 3.47. The Balaban J connectivity index is 1.72. The normalized spacial score (nSPS) is 14.5. The third-order valence-electron chi connectivity index (χ3n) is 7.40. The van der Waals surface area contributed by atoms with E-state index in [9.17, 15) is 18.0 Å². The number of nitrogens with zero attached hydrogens (tertiary/aromatic N) is 2. The Bertz CT molecular complexity index is 1410. The van der Waals surface area contributed by atoms with Gasteiger partial charge in [0.1, 0.15) is 12.6 Å². The molecule has 4 rings (SSSR count). The molecule has 1 atom stereocenters. The first-order valence-electron chi connectivity index (χ1n) is 13.7. The number of halogens is 1. The third kappa shape index (κ3) is 6.85. The molecule has 40 heavy (non-hydrogen) atoms. The zero-order valence-electron chi connectivity index (χ0n) is 22.9. The number of rotatable bonds is 11. The molecule has 0 saturated heterocycles. The van der Waals surface area contributed by atoms with Crippen LogP contribution in [0.25, 0.3) is 0 Å². The average molecular weight is 582 g/mol. The van der Waals surface area contributed by atoms with Gasteiger partial charge in [0.05, 0.1) is 10.6 Å². The van der Waals surface area contributed by atoms with Crippen molar-refractivity contribution < 1.29 is 18.0 Å². The maximum atomic E-state index is 14.2. The van der Waals surface area contributed by atoms with Crippen LogP contribution in [0.1, 0.15) is 50.2 Å². The molecule has 0 radical (unpaired) electrons. The molecule has 0 aromatic heterocycles. The smallest absolute Gasteiger partial charge is 0.264 e. The van der Waals surface area contributed by atoms with E-state index in [0.717, 1.165) is 35.6 Å². The summed E-state index contributed by atoms with van der Waals surface area (Å²) >= 11 is 6.39. The third-order valence-corrected chi connectivity index (χ3v) is 9.58. The van der Waals surface area contributed by atoms with Crippen LogP contribution in [0.15, 0.2) is 83.8 Å². The molecule has 0 bridgehead atoms. The predicted octanol–water partition coefficient (Wildman–Crippen LogP) is 5.71. The largest absolute Gasteiger partial charge is 0.352 e. The highest BCUT2D eigenvalue weighted by Crippen LogP contribution is 2.31. The number of hydrogen-bond donors (Lipinski definition) is 1. The van der Waals surface area contributed by atoms with E-state index in [4.69, 9.17) is 11.6 Å². The molecule has 0 spiro atoms. The van der Waals surface area contributed by atoms with E-state index in [1.165, 1.54) is 17.0 Å². The van der Waals surface area contributed by atoms with Crippen molar-refractivity contribution in [2.45, 2.75) is 69.5 Å². The molecule has 2 amide bonds. The minimum atomic E-state index is -4.14. The number of hydrogen-bond acceptors (Lipinski definition) is 4. The Morgan fingerprint density at radius 3 is 2.20 bits per heavy atom. The summed E-state index contributed by atoms with van der Waals surface area (Å²) in [5.74, 6) is -0.689. The zero-order valence-corrected chi connectivity index (χ0v) is 24.5. The molecular formula is C31H36ClN3O4S. The van der Waals surface area contributed by atoms with E-state index in [0.29, 0.717) is 22.7 Å². The van der Waals surface area contributed by atoms with Crippen LogP contribution < -0.4 is 9.62 Å². The molecule has 7 nitrogen and oxygen atoms in total. The van der Waals surface area contributed by atoms with Crippen molar-refractivity contribution >= 4 is 39.1 Å². The van der Waals surface area contributed by atoms with Crippen LogP contribution in [-0.2, 0) is 26.2 Å². The van der Waals surface area contributed by atoms with Gasteiger partial charge in [0.15, 0.2) is 0 Å². The van der Waals surface area contributed by atoms with Crippen LogP contribution in [0.3, 0.4) is 0 Å². The van der Waals surface area contributed by atoms with E-state index >= 15 is 0 Å². The molecular weight excluding hydrogens is 546 g/mol. The van der Waals surface area contributed by atoms with E-state index in [1.54, 1.807) is 43.3 Å². The van der Waals surface area contributed by atoms with E-state index in [2.05, 4.69) is 5.32 Å². The van der Waals surface area contributed by atoms with Crippen LogP contribution in [0.4, 0.5) is 5.69 Å². The number of nitrogens with one attached hydrogen (secondary N) is 1. The van der Waals surface area contributed by atoms with Gasteiger partial charge in [0.25, 0.3) is 10.0 Å². The minimum absolute atomic E-state index is 0.0582. The number of benzene rings is 3. The van der Waals surface area contributed by atoms with Gasteiger partial charge in [0.2, 0.25) is 11.8 Å². The summed E-state index contributed by atoms with van der Waals surface area (Å²) in [4.78, 5) is 29.2. The summed E-state index contributed by atoms with van der Waals surface area (Å²) in [6.45, 7) is 3.27. The van der Waals surface area contributed by atoms with Crippen LogP contribution in [0.5, 0.6) is 0 Å². The molecule has 0 aliphatic heterocycles. The number of amides is 2. The van der Waals surface area contributed by atoms with E-state index < -0.39 is 28.5 Å². The summed E-state index contributed by atoms with van der Waals surface area (Å²) in [5.41, 5.74) is 1.70. The number of sulfonamides is 1. The highest BCUT2D eigenvalue weighted by atomic mass is 35.5. The minimum Gasteiger partial charge on any atom is -0.352 e. The molecule has 0 heterocycles. The molecule has 212 valence electrons. The SMILES string of the molecule is CCC(C(=O)NC1CCCC1)N(Cc1ccccc1)C(=O)CN(c1cccc(Cl)c1C)S(=O)(=O)c1ccccc1. The monoisotopic (exact) mass is 581 g/mol. The van der Waals surface area contributed by atoms with Crippen molar-refractivity contribution in [1.29, 1.82) is 0 Å². The van der Waals surface area contributed by atoms with Crippen LogP contribution in [-0.4, -0.2) is 43.8 Å². The van der Waals surface area contributed by atoms with Crippen molar-refractivity contribution in [2.75, 3.05) is 10.8 Å². The molecule has 1 aliphatic carbocycles. The van der Waals surface area contributed by atoms with Gasteiger partial charge in [0, 0.05) is 17.6 Å². The first-order chi connectivity index (χ1) is 19.2. The van der Waals surface area contributed by atoms with Gasteiger partial charge in [-0.25, -0.2) is 8.42 Å². The van der Waals surface area contributed by atoms with Crippen molar-refractivity contribution in [3.63, 3.8) is 0 Å². The summed E-state index contributed by atoms with van der Waals surface area (Å²) in [5, 5.41) is 3.52. The fourth-order valence-electron chi connectivity index (χ4n) is 5.17. The number of carbonyl (C=O) groups is 2. The molecule has 1 aliphatic rings. The van der Waals surface area contributed by atoms with Gasteiger partial charge < -0.3 is 10.2 Å². The van der Waals surface area contributed by atoms with E-state index in [-0.39, 0.29) is 23.4 Å². The molecule has 3 aromatic rings. The summed E-state index contributed by atoms with van der Waals surface area (Å²) in [6.07, 6.45) is 4.37. The zero-order chi connectivity index (χ0) is 28.7. The van der Waals surface area contributed by atoms with Gasteiger partial charge in [-0.1, -0.05) is 86.0 Å². The van der Waals surface area contributed by atoms with Crippen molar-refractivity contribution in [2.24, 2.45) is 0 Å². The molecule has 1 fully saturated rings. The Hall–Kier alpha value is -3.36. The van der Waals surface area contributed by atoms with Gasteiger partial charge in [-0.05, 0) is 61.6 Å². The van der Waals surface area contributed by atoms with Crippen molar-refractivity contribution in [3.05, 3.63) is 95.0 Å². The van der Waals surface area contributed by atoms with Crippen molar-refractivity contribution in [3.8, 4) is 0 Å². The maximum Gasteiger partial charge on any atom is 0.264 e. The van der Waals surface area contributed by atoms with E-state index in [1.807, 2.05) is 37.3 Å². The first kappa shape index (κ1) is 29.6. The fraction of sp³-hybridized carbons (Fsp3) is 0.355. The summed E-state index contributed by atoms with van der Waals surface area (Å²) in [6, 6.07) is 21.7. The van der Waals surface area contributed by atoms with Gasteiger partial charge in [-0.15, -0.1) is 0 Å². The first-order valence-corrected chi connectivity index (χ1v) is 15.5. The highest BCUT2D eigenvalue weighted by Gasteiger charge is 2.35. The Morgan fingerprint density at radius 2 is 1.57 bits per heavy atom. The number of carbonyl (C=O) groups excluding carboxylic acids is 2. The quantitative estimate of drug-likeness (QED) is 0.314. The molecule has 1 N–H and O–H groups in total. The molecule has 1 saturated carbocycles. The Labute approximate surface area is 242 Å². The maximum absolute atomic E-state index is 14.2. The Morgan fingerprint density at radius 1 is 0.950 bits per heavy atom. The van der Waals surface area contributed by atoms with Crippen molar-refractivity contribution in [1.82, 2.24) is 10.2 Å². The van der Waals surface area contributed by atoms with Crippen LogP contribution in [0.2, 0.25) is 5.02 Å². The second kappa shape index (κ2) is 13.3. The second-order valence-corrected chi connectivity index (χ2v) is 12.4. The lowest BCUT2D eigenvalue weighted by molar-refractivity contribution is -0.140. The van der Waals surface area contributed by atoms with Gasteiger partial charge in [-0.2, -0.15) is 0 Å². The summed E-state index contributed by atoms with van der Waals surface area (Å²) < 4.78 is 29.0. The number of anilines is 1. The topological polar surface area (TPSA) is 86.8 Å². The van der Waals surface area contributed by atoms with Gasteiger partial charge >= 0.3 is 0 Å². The highest BCUT2D eigenvalue weighted by molar-refractivity contribution is 7.92. The summed E-state index contributed by atoms with van der Waals surface area (Å²) in [7, 11) is -4.14. The molecule has 1 unspecified atom stereocenters. The lowest BCUT2D eigenvalue weighted by atomic mass is 10.1. The molecule has 3 aromatic carbocycles. The standard InChI is InChI=1S/C31H36ClN3O4S/c1-3-28(31(37)33-25-15-10-11-16-25)34(21-24-13-6-4-7-14-24)30(36)22-35(29-20-12-19-27(32)23(29)2)40(38,39)26-17-8-5-9-18-26/h4-9,12-14,17-20,25,28H,3,10-11,15-16,21-22H2,1-2H3,(H,33,37). The second-order valence-electron chi connectivity index (χ2n) is 10.1. The Kier molecular flexibility index (Phi) is 9.87. The van der Waals surface area contributed by atoms with Gasteiger partial charge in [-0.3, -0.25) is 13.9 Å². The van der Waals surface area contributed by atoms with Crippen LogP contribution in [0, 0.1) is 6.92 Å². The molecule has 9 heteroatoms. The predicted molar refractivity (Wildman–Crippen MR) is 159 cm³/mol. The van der Waals surface area contributed by atoms with Crippen LogP contribution >= 0.6 is 11.6 Å². The lowest BCUT2D eigenvalue weighted by Gasteiger charge is -2.34.